The van der Waals surface area contributed by atoms with Crippen LogP contribution >= 0.6 is 11.3 Å². The highest BCUT2D eigenvalue weighted by molar-refractivity contribution is 7.11. The fourth-order valence-electron chi connectivity index (χ4n) is 1.90. The predicted molar refractivity (Wildman–Crippen MR) is 74.3 cm³/mol. The predicted octanol–water partition coefficient (Wildman–Crippen LogP) is 3.86. The van der Waals surface area contributed by atoms with E-state index in [-0.39, 0.29) is 0 Å². The second kappa shape index (κ2) is 5.28. The quantitative estimate of drug-likeness (QED) is 0.743. The SMILES string of the molecule is [CH2-]c1cc(CC)cc(CCc2ncc([CH2-])s2)c1. The van der Waals surface area contributed by atoms with Gasteiger partial charge in [-0.15, -0.1) is 22.2 Å². The number of thiazole rings is 1. The van der Waals surface area contributed by atoms with Gasteiger partial charge >= 0.3 is 0 Å². The molecule has 1 nitrogen and oxygen atoms in total. The lowest BCUT2D eigenvalue weighted by molar-refractivity contribution is 0.937. The van der Waals surface area contributed by atoms with E-state index < -0.39 is 0 Å². The minimum Gasteiger partial charge on any atom is -0.345 e. The van der Waals surface area contributed by atoms with Gasteiger partial charge in [-0.3, -0.25) is 0 Å². The van der Waals surface area contributed by atoms with Crippen LogP contribution in [0.3, 0.4) is 0 Å². The molecule has 0 saturated carbocycles. The molecular formula is C15H17NS-2. The molecule has 0 atom stereocenters. The Morgan fingerprint density at radius 1 is 1.12 bits per heavy atom. The van der Waals surface area contributed by atoms with Gasteiger partial charge in [0.25, 0.3) is 0 Å². The summed E-state index contributed by atoms with van der Waals surface area (Å²) < 4.78 is 0. The van der Waals surface area contributed by atoms with Crippen LogP contribution in [0.4, 0.5) is 0 Å². The first-order valence-electron chi connectivity index (χ1n) is 5.89. The van der Waals surface area contributed by atoms with Crippen LogP contribution in [0.2, 0.25) is 0 Å². The Kier molecular flexibility index (Phi) is 3.75. The molecule has 0 radical (unpaired) electrons. The summed E-state index contributed by atoms with van der Waals surface area (Å²) in [7, 11) is 0. The maximum atomic E-state index is 4.34. The highest BCUT2D eigenvalue weighted by Crippen LogP contribution is 2.16. The van der Waals surface area contributed by atoms with Gasteiger partial charge in [0.2, 0.25) is 0 Å². The van der Waals surface area contributed by atoms with Gasteiger partial charge in [0, 0.05) is 6.42 Å². The molecule has 0 aliphatic heterocycles. The van der Waals surface area contributed by atoms with Gasteiger partial charge < -0.3 is 4.98 Å². The molecule has 90 valence electrons. The summed E-state index contributed by atoms with van der Waals surface area (Å²) in [6, 6.07) is 6.59. The number of hydrogen-bond acceptors (Lipinski definition) is 2. The van der Waals surface area contributed by atoms with E-state index in [0.29, 0.717) is 0 Å². The van der Waals surface area contributed by atoms with Crippen molar-refractivity contribution in [3.05, 3.63) is 64.8 Å². The smallest absolute Gasteiger partial charge is 0.0703 e. The van der Waals surface area contributed by atoms with Gasteiger partial charge in [0.15, 0.2) is 0 Å². The van der Waals surface area contributed by atoms with E-state index >= 15 is 0 Å². The standard InChI is InChI=1S/C15H17NS/c1-4-13-7-11(2)8-14(9-13)5-6-15-16-10-12(3)17-15/h7-10H,2-6H2,1H3/q-2. The van der Waals surface area contributed by atoms with E-state index in [1.165, 1.54) is 16.1 Å². The molecule has 0 aliphatic rings. The van der Waals surface area contributed by atoms with Crippen molar-refractivity contribution in [2.75, 3.05) is 0 Å². The van der Waals surface area contributed by atoms with Crippen molar-refractivity contribution in [2.45, 2.75) is 26.2 Å². The third-order valence-corrected chi connectivity index (χ3v) is 3.66. The molecule has 0 aliphatic carbocycles. The Morgan fingerprint density at radius 3 is 2.53 bits per heavy atom. The van der Waals surface area contributed by atoms with E-state index in [2.05, 4.69) is 44.0 Å². The van der Waals surface area contributed by atoms with Gasteiger partial charge in [-0.05, 0) is 12.8 Å². The van der Waals surface area contributed by atoms with Crippen LogP contribution in [0, 0.1) is 13.8 Å². The fraction of sp³-hybridized carbons (Fsp3) is 0.267. The Hall–Kier alpha value is -1.41. The lowest BCUT2D eigenvalue weighted by Gasteiger charge is -2.11. The van der Waals surface area contributed by atoms with Crippen LogP contribution in [0.1, 0.15) is 33.5 Å². The maximum Gasteiger partial charge on any atom is 0.0703 e. The van der Waals surface area contributed by atoms with Gasteiger partial charge in [0.05, 0.1) is 5.01 Å². The minimum atomic E-state index is 0.993. The zero-order chi connectivity index (χ0) is 12.3. The number of nitrogens with zero attached hydrogens (tertiary/aromatic N) is 1. The topological polar surface area (TPSA) is 12.9 Å². The lowest BCUT2D eigenvalue weighted by atomic mass is 10.0. The van der Waals surface area contributed by atoms with E-state index in [1.54, 1.807) is 11.3 Å². The van der Waals surface area contributed by atoms with Crippen molar-refractivity contribution in [3.8, 4) is 0 Å². The van der Waals surface area contributed by atoms with Crippen molar-refractivity contribution in [1.29, 1.82) is 0 Å². The largest absolute Gasteiger partial charge is 0.345 e. The first-order chi connectivity index (χ1) is 8.17. The second-order valence-corrected chi connectivity index (χ2v) is 5.43. The number of rotatable bonds is 4. The van der Waals surface area contributed by atoms with Crippen molar-refractivity contribution in [3.63, 3.8) is 0 Å². The Labute approximate surface area is 108 Å². The second-order valence-electron chi connectivity index (χ2n) is 4.23. The van der Waals surface area contributed by atoms with Crippen LogP contribution < -0.4 is 0 Å². The number of aryl methyl sites for hydroxylation is 3. The normalized spacial score (nSPS) is 10.6. The maximum absolute atomic E-state index is 4.34. The van der Waals surface area contributed by atoms with Gasteiger partial charge in [-0.25, -0.2) is 6.92 Å². The summed E-state index contributed by atoms with van der Waals surface area (Å²) in [5, 5.41) is 1.17. The van der Waals surface area contributed by atoms with Crippen LogP contribution in [0.5, 0.6) is 0 Å². The van der Waals surface area contributed by atoms with Crippen molar-refractivity contribution in [2.24, 2.45) is 0 Å². The molecule has 2 aromatic rings. The molecule has 0 amide bonds. The molecule has 0 saturated heterocycles. The summed E-state index contributed by atoms with van der Waals surface area (Å²) in [4.78, 5) is 5.38. The summed E-state index contributed by atoms with van der Waals surface area (Å²) in [6.07, 6.45) is 4.93. The average Bonchev–Trinajstić information content (AvgIpc) is 2.72. The molecule has 1 heterocycles. The average molecular weight is 243 g/mol. The third kappa shape index (κ3) is 3.27. The highest BCUT2D eigenvalue weighted by atomic mass is 32.1. The van der Waals surface area contributed by atoms with Gasteiger partial charge in [-0.1, -0.05) is 13.0 Å². The first-order valence-corrected chi connectivity index (χ1v) is 6.70. The highest BCUT2D eigenvalue weighted by Gasteiger charge is 1.97. The lowest BCUT2D eigenvalue weighted by Crippen LogP contribution is -1.93. The molecule has 0 N–H and O–H groups in total. The first kappa shape index (κ1) is 12.1. The van der Waals surface area contributed by atoms with E-state index in [9.17, 15) is 0 Å². The van der Waals surface area contributed by atoms with Gasteiger partial charge in [-0.2, -0.15) is 36.0 Å². The zero-order valence-corrected chi connectivity index (χ0v) is 11.0. The molecule has 0 unspecified atom stereocenters. The van der Waals surface area contributed by atoms with Crippen LogP contribution in [0.25, 0.3) is 0 Å². The van der Waals surface area contributed by atoms with E-state index in [1.807, 2.05) is 6.20 Å². The molecule has 2 heteroatoms. The van der Waals surface area contributed by atoms with E-state index in [4.69, 9.17) is 0 Å². The van der Waals surface area contributed by atoms with Crippen LogP contribution in [-0.4, -0.2) is 4.98 Å². The number of aromatic nitrogens is 1. The monoisotopic (exact) mass is 243 g/mol. The molecule has 1 aromatic carbocycles. The molecule has 0 fully saturated rings. The zero-order valence-electron chi connectivity index (χ0n) is 10.2. The summed E-state index contributed by atoms with van der Waals surface area (Å²) in [5.74, 6) is 0. The molecule has 0 spiro atoms. The Balaban J connectivity index is 2.05. The summed E-state index contributed by atoms with van der Waals surface area (Å²) >= 11 is 1.68. The third-order valence-electron chi connectivity index (χ3n) is 2.75. The number of benzene rings is 1. The molecular weight excluding hydrogens is 226 g/mol. The van der Waals surface area contributed by atoms with Crippen molar-refractivity contribution < 1.29 is 0 Å². The molecule has 1 aromatic heterocycles. The summed E-state index contributed by atoms with van der Waals surface area (Å²) in [6.45, 7) is 10.1. The number of hydrogen-bond donors (Lipinski definition) is 0. The van der Waals surface area contributed by atoms with Crippen LogP contribution in [-0.2, 0) is 19.3 Å². The van der Waals surface area contributed by atoms with Crippen molar-refractivity contribution in [1.82, 2.24) is 4.98 Å². The fourth-order valence-corrected chi connectivity index (χ4v) is 2.62. The van der Waals surface area contributed by atoms with Crippen LogP contribution in [0.15, 0.2) is 24.4 Å². The minimum absolute atomic E-state index is 0.993. The molecule has 0 bridgehead atoms. The molecule has 2 rings (SSSR count). The molecule has 17 heavy (non-hydrogen) atoms. The Bertz CT molecular complexity index is 499. The van der Waals surface area contributed by atoms with Crippen molar-refractivity contribution >= 4 is 11.3 Å². The van der Waals surface area contributed by atoms with Gasteiger partial charge in [0.1, 0.15) is 0 Å². The Morgan fingerprint density at radius 2 is 1.88 bits per heavy atom. The summed E-state index contributed by atoms with van der Waals surface area (Å²) in [5.41, 5.74) is 3.83. The van der Waals surface area contributed by atoms with E-state index in [0.717, 1.165) is 29.7 Å².